The van der Waals surface area contributed by atoms with Gasteiger partial charge in [-0.15, -0.1) is 11.6 Å². The number of hydrogen-bond donors (Lipinski definition) is 1. The summed E-state index contributed by atoms with van der Waals surface area (Å²) >= 11 is 5.67. The molecule has 0 spiro atoms. The molecule has 1 aromatic heterocycles. The first kappa shape index (κ1) is 11.7. The van der Waals surface area contributed by atoms with Crippen LogP contribution in [0, 0.1) is 0 Å². The van der Waals surface area contributed by atoms with Gasteiger partial charge in [-0.3, -0.25) is 4.79 Å². The molecule has 0 fully saturated rings. The number of nitrogens with one attached hydrogen (secondary N) is 1. The van der Waals surface area contributed by atoms with Crippen molar-refractivity contribution in [1.29, 1.82) is 0 Å². The number of ether oxygens (including phenoxy) is 1. The Bertz CT molecular complexity index is 563. The second-order valence-corrected chi connectivity index (χ2v) is 3.71. The lowest BCUT2D eigenvalue weighted by Crippen LogP contribution is -2.09. The second kappa shape index (κ2) is 5.01. The fourth-order valence-electron chi connectivity index (χ4n) is 1.46. The Balaban J connectivity index is 2.44. The van der Waals surface area contributed by atoms with Crippen LogP contribution in [-0.2, 0) is 5.88 Å². The zero-order valence-corrected chi connectivity index (χ0v) is 9.99. The Labute approximate surface area is 103 Å². The van der Waals surface area contributed by atoms with E-state index in [1.165, 1.54) is 6.07 Å². The molecule has 0 aliphatic heterocycles. The SMILES string of the molecule is COc1ccc(-c2nc(CCl)cc(=O)[nH]2)cc1. The van der Waals surface area contributed by atoms with Crippen LogP contribution in [0.5, 0.6) is 5.75 Å². The molecule has 1 N–H and O–H groups in total. The van der Waals surface area contributed by atoms with Crippen molar-refractivity contribution in [3.63, 3.8) is 0 Å². The van der Waals surface area contributed by atoms with Gasteiger partial charge in [-0.25, -0.2) is 4.98 Å². The zero-order valence-electron chi connectivity index (χ0n) is 9.24. The molecule has 0 amide bonds. The topological polar surface area (TPSA) is 55.0 Å². The first-order valence-electron chi connectivity index (χ1n) is 5.03. The van der Waals surface area contributed by atoms with Gasteiger partial charge in [-0.05, 0) is 24.3 Å². The van der Waals surface area contributed by atoms with Gasteiger partial charge in [-0.1, -0.05) is 0 Å². The first-order valence-corrected chi connectivity index (χ1v) is 5.57. The summed E-state index contributed by atoms with van der Waals surface area (Å²) in [6.45, 7) is 0. The Hall–Kier alpha value is -1.81. The third kappa shape index (κ3) is 2.65. The summed E-state index contributed by atoms with van der Waals surface area (Å²) in [5.41, 5.74) is 1.16. The Morgan fingerprint density at radius 2 is 2.06 bits per heavy atom. The van der Waals surface area contributed by atoms with E-state index in [1.54, 1.807) is 7.11 Å². The first-order chi connectivity index (χ1) is 8.22. The number of rotatable bonds is 3. The molecule has 1 aromatic carbocycles. The highest BCUT2D eigenvalue weighted by Gasteiger charge is 2.03. The minimum Gasteiger partial charge on any atom is -0.497 e. The number of alkyl halides is 1. The number of H-pyrrole nitrogens is 1. The van der Waals surface area contributed by atoms with Crippen LogP contribution in [0.2, 0.25) is 0 Å². The van der Waals surface area contributed by atoms with Crippen molar-refractivity contribution in [2.24, 2.45) is 0 Å². The van der Waals surface area contributed by atoms with Gasteiger partial charge in [0.1, 0.15) is 11.6 Å². The summed E-state index contributed by atoms with van der Waals surface area (Å²) < 4.78 is 5.06. The Morgan fingerprint density at radius 1 is 1.35 bits per heavy atom. The van der Waals surface area contributed by atoms with Crippen LogP contribution in [0.4, 0.5) is 0 Å². The molecular formula is C12H11ClN2O2. The van der Waals surface area contributed by atoms with Gasteiger partial charge in [0.25, 0.3) is 5.56 Å². The van der Waals surface area contributed by atoms with Gasteiger partial charge in [0.05, 0.1) is 18.7 Å². The summed E-state index contributed by atoms with van der Waals surface area (Å²) in [6, 6.07) is 8.66. The highest BCUT2D eigenvalue weighted by atomic mass is 35.5. The molecule has 1 heterocycles. The molecule has 17 heavy (non-hydrogen) atoms. The number of hydrogen-bond acceptors (Lipinski definition) is 3. The van der Waals surface area contributed by atoms with Crippen molar-refractivity contribution in [3.05, 3.63) is 46.4 Å². The van der Waals surface area contributed by atoms with Crippen LogP contribution in [-0.4, -0.2) is 17.1 Å². The quantitative estimate of drug-likeness (QED) is 0.850. The van der Waals surface area contributed by atoms with Gasteiger partial charge in [-0.2, -0.15) is 0 Å². The van der Waals surface area contributed by atoms with Crippen molar-refractivity contribution in [3.8, 4) is 17.1 Å². The Kier molecular flexibility index (Phi) is 3.44. The lowest BCUT2D eigenvalue weighted by atomic mass is 10.2. The second-order valence-electron chi connectivity index (χ2n) is 3.45. The number of benzene rings is 1. The van der Waals surface area contributed by atoms with E-state index in [9.17, 15) is 4.79 Å². The lowest BCUT2D eigenvalue weighted by Gasteiger charge is -2.04. The van der Waals surface area contributed by atoms with Gasteiger partial charge in [0.15, 0.2) is 0 Å². The molecule has 0 aliphatic rings. The molecule has 2 rings (SSSR count). The van der Waals surface area contributed by atoms with Crippen LogP contribution < -0.4 is 10.3 Å². The molecule has 0 atom stereocenters. The van der Waals surface area contributed by atoms with E-state index in [1.807, 2.05) is 24.3 Å². The fourth-order valence-corrected chi connectivity index (χ4v) is 1.60. The standard InChI is InChI=1S/C12H11ClN2O2/c1-17-10-4-2-8(3-5-10)12-14-9(7-13)6-11(16)15-12/h2-6H,7H2,1H3,(H,14,15,16). The predicted molar refractivity (Wildman–Crippen MR) is 66.4 cm³/mol. The van der Waals surface area contributed by atoms with E-state index in [0.717, 1.165) is 11.3 Å². The number of halogens is 1. The molecule has 88 valence electrons. The molecule has 4 nitrogen and oxygen atoms in total. The smallest absolute Gasteiger partial charge is 0.251 e. The van der Waals surface area contributed by atoms with Crippen molar-refractivity contribution < 1.29 is 4.74 Å². The van der Waals surface area contributed by atoms with Crippen LogP contribution in [0.15, 0.2) is 35.1 Å². The van der Waals surface area contributed by atoms with Crippen LogP contribution in [0.1, 0.15) is 5.69 Å². The van der Waals surface area contributed by atoms with Crippen LogP contribution in [0.3, 0.4) is 0 Å². The van der Waals surface area contributed by atoms with Crippen LogP contribution in [0.25, 0.3) is 11.4 Å². The Morgan fingerprint density at radius 3 is 2.65 bits per heavy atom. The van der Waals surface area contributed by atoms with E-state index in [0.29, 0.717) is 11.5 Å². The molecule has 2 aromatic rings. The molecule has 0 radical (unpaired) electrons. The van der Waals surface area contributed by atoms with E-state index in [4.69, 9.17) is 16.3 Å². The maximum absolute atomic E-state index is 11.4. The summed E-state index contributed by atoms with van der Waals surface area (Å²) in [6.07, 6.45) is 0. The van der Waals surface area contributed by atoms with Crippen molar-refractivity contribution in [2.75, 3.05) is 7.11 Å². The van der Waals surface area contributed by atoms with Gasteiger partial charge < -0.3 is 9.72 Å². The van der Waals surface area contributed by atoms with E-state index in [2.05, 4.69) is 9.97 Å². The lowest BCUT2D eigenvalue weighted by molar-refractivity contribution is 0.415. The highest BCUT2D eigenvalue weighted by Crippen LogP contribution is 2.18. The molecule has 0 aliphatic carbocycles. The highest BCUT2D eigenvalue weighted by molar-refractivity contribution is 6.16. The fraction of sp³-hybridized carbons (Fsp3) is 0.167. The van der Waals surface area contributed by atoms with Crippen LogP contribution >= 0.6 is 11.6 Å². The van der Waals surface area contributed by atoms with Gasteiger partial charge in [0.2, 0.25) is 0 Å². The maximum Gasteiger partial charge on any atom is 0.251 e. The number of nitrogens with zero attached hydrogens (tertiary/aromatic N) is 1. The average molecular weight is 251 g/mol. The number of aromatic nitrogens is 2. The molecule has 0 saturated carbocycles. The summed E-state index contributed by atoms with van der Waals surface area (Å²) in [5, 5.41) is 0. The van der Waals surface area contributed by atoms with Crippen molar-refractivity contribution in [2.45, 2.75) is 5.88 Å². The summed E-state index contributed by atoms with van der Waals surface area (Å²) in [7, 11) is 1.60. The molecule has 0 unspecified atom stereocenters. The van der Waals surface area contributed by atoms with E-state index < -0.39 is 0 Å². The summed E-state index contributed by atoms with van der Waals surface area (Å²) in [5.74, 6) is 1.48. The average Bonchev–Trinajstić information content (AvgIpc) is 2.38. The zero-order chi connectivity index (χ0) is 12.3. The third-order valence-corrected chi connectivity index (χ3v) is 2.57. The van der Waals surface area contributed by atoms with Gasteiger partial charge >= 0.3 is 0 Å². The molecule has 5 heteroatoms. The van der Waals surface area contributed by atoms with Crippen molar-refractivity contribution in [1.82, 2.24) is 9.97 Å². The largest absolute Gasteiger partial charge is 0.497 e. The normalized spacial score (nSPS) is 10.2. The van der Waals surface area contributed by atoms with Crippen molar-refractivity contribution >= 4 is 11.6 Å². The maximum atomic E-state index is 11.4. The number of aromatic amines is 1. The van der Waals surface area contributed by atoms with E-state index in [-0.39, 0.29) is 11.4 Å². The van der Waals surface area contributed by atoms with E-state index >= 15 is 0 Å². The summed E-state index contributed by atoms with van der Waals surface area (Å²) in [4.78, 5) is 18.3. The molecular weight excluding hydrogens is 240 g/mol. The minimum atomic E-state index is -0.207. The monoisotopic (exact) mass is 250 g/mol. The third-order valence-electron chi connectivity index (χ3n) is 2.30. The predicted octanol–water partition coefficient (Wildman–Crippen LogP) is 2.18. The molecule has 0 bridgehead atoms. The minimum absolute atomic E-state index is 0.207. The van der Waals surface area contributed by atoms with Gasteiger partial charge in [0, 0.05) is 11.6 Å². The number of methoxy groups -OCH3 is 1. The molecule has 0 saturated heterocycles.